The summed E-state index contributed by atoms with van der Waals surface area (Å²) in [6.07, 6.45) is 15.0. The van der Waals surface area contributed by atoms with Gasteiger partial charge in [0.1, 0.15) is 17.3 Å². The average Bonchev–Trinajstić information content (AvgIpc) is 3.61. The largest absolute Gasteiger partial charge is 0.452 e. The molecule has 3 aromatic carbocycles. The second-order valence-electron chi connectivity index (χ2n) is 9.16. The van der Waals surface area contributed by atoms with Crippen molar-refractivity contribution in [2.45, 2.75) is 6.17 Å². The first kappa shape index (κ1) is 18.7. The Hall–Kier alpha value is -4.64. The van der Waals surface area contributed by atoms with Crippen molar-refractivity contribution in [3.8, 4) is 0 Å². The molecule has 0 saturated carbocycles. The molecule has 0 bridgehead atoms. The Morgan fingerprint density at radius 1 is 0.771 bits per heavy atom. The van der Waals surface area contributed by atoms with Crippen LogP contribution in [0.3, 0.4) is 0 Å². The van der Waals surface area contributed by atoms with Gasteiger partial charge in [-0.2, -0.15) is 0 Å². The monoisotopic (exact) mass is 455 g/mol. The van der Waals surface area contributed by atoms with Crippen LogP contribution in [0.15, 0.2) is 118 Å². The van der Waals surface area contributed by atoms with E-state index in [0.717, 1.165) is 61.8 Å². The average molecular weight is 456 g/mol. The number of allylic oxidation sites excluding steroid dienone is 4. The zero-order valence-electron chi connectivity index (χ0n) is 18.8. The van der Waals surface area contributed by atoms with E-state index in [-0.39, 0.29) is 6.17 Å². The minimum Gasteiger partial charge on any atom is -0.452 e. The summed E-state index contributed by atoms with van der Waals surface area (Å²) < 4.78 is 12.5. The van der Waals surface area contributed by atoms with E-state index in [1.807, 2.05) is 24.3 Å². The van der Waals surface area contributed by atoms with Gasteiger partial charge in [0.15, 0.2) is 11.2 Å². The van der Waals surface area contributed by atoms with Crippen LogP contribution in [0.2, 0.25) is 0 Å². The summed E-state index contributed by atoms with van der Waals surface area (Å²) in [6.45, 7) is 0.760. The van der Waals surface area contributed by atoms with Crippen molar-refractivity contribution in [2.75, 3.05) is 6.54 Å². The Morgan fingerprint density at radius 3 is 2.43 bits per heavy atom. The number of hydrogen-bond acceptors (Lipinski definition) is 5. The smallest absolute Gasteiger partial charge is 0.178 e. The fraction of sp³-hybridized carbons (Fsp3) is 0.0667. The fourth-order valence-electron chi connectivity index (χ4n) is 5.34. The van der Waals surface area contributed by atoms with Crippen molar-refractivity contribution in [3.05, 3.63) is 114 Å². The minimum atomic E-state index is 0.193. The third kappa shape index (κ3) is 2.75. The van der Waals surface area contributed by atoms with Crippen LogP contribution in [0.25, 0.3) is 49.5 Å². The Bertz CT molecular complexity index is 1840. The van der Waals surface area contributed by atoms with Crippen molar-refractivity contribution in [1.82, 2.24) is 15.5 Å². The van der Waals surface area contributed by atoms with Crippen LogP contribution in [0.5, 0.6) is 0 Å². The first-order valence-electron chi connectivity index (χ1n) is 11.8. The summed E-state index contributed by atoms with van der Waals surface area (Å²) in [5.41, 5.74) is 8.01. The molecule has 2 aromatic heterocycles. The number of nitrogens with one attached hydrogen (secondary N) is 2. The number of nitrogens with zero attached hydrogens (tertiary/aromatic N) is 1. The van der Waals surface area contributed by atoms with E-state index in [0.29, 0.717) is 0 Å². The molecule has 0 amide bonds. The highest BCUT2D eigenvalue weighted by atomic mass is 16.4. The number of fused-ring (bicyclic) bond motifs is 8. The Labute approximate surface area is 201 Å². The summed E-state index contributed by atoms with van der Waals surface area (Å²) >= 11 is 0. The predicted octanol–water partition coefficient (Wildman–Crippen LogP) is 6.51. The molecule has 0 spiro atoms. The second-order valence-corrected chi connectivity index (χ2v) is 9.16. The zero-order valence-corrected chi connectivity index (χ0v) is 18.8. The molecule has 1 unspecified atom stereocenters. The van der Waals surface area contributed by atoms with Gasteiger partial charge in [-0.25, -0.2) is 0 Å². The van der Waals surface area contributed by atoms with Gasteiger partial charge in [-0.15, -0.1) is 0 Å². The Kier molecular flexibility index (Phi) is 3.71. The van der Waals surface area contributed by atoms with E-state index in [2.05, 4.69) is 88.6 Å². The van der Waals surface area contributed by atoms with Crippen LogP contribution in [0, 0.1) is 0 Å². The molecular formula is C30H21N3O2. The van der Waals surface area contributed by atoms with Crippen molar-refractivity contribution in [2.24, 2.45) is 0 Å². The Balaban J connectivity index is 1.19. The molecule has 0 fully saturated rings. The van der Waals surface area contributed by atoms with Crippen LogP contribution in [0.4, 0.5) is 0 Å². The fourth-order valence-corrected chi connectivity index (χ4v) is 5.34. The van der Waals surface area contributed by atoms with Gasteiger partial charge < -0.3 is 24.4 Å². The van der Waals surface area contributed by atoms with Gasteiger partial charge in [0.25, 0.3) is 0 Å². The molecule has 3 aliphatic heterocycles. The van der Waals surface area contributed by atoms with Crippen molar-refractivity contribution in [3.63, 3.8) is 0 Å². The maximum absolute atomic E-state index is 6.30. The number of para-hydroxylation sites is 1. The lowest BCUT2D eigenvalue weighted by atomic mass is 10.00. The van der Waals surface area contributed by atoms with Crippen LogP contribution in [0.1, 0.15) is 5.56 Å². The first-order valence-corrected chi connectivity index (χ1v) is 11.8. The lowest BCUT2D eigenvalue weighted by Crippen LogP contribution is -2.33. The van der Waals surface area contributed by atoms with Crippen LogP contribution in [-0.2, 0) is 0 Å². The maximum atomic E-state index is 6.30. The highest BCUT2D eigenvalue weighted by Gasteiger charge is 2.24. The van der Waals surface area contributed by atoms with Crippen LogP contribution in [-0.4, -0.2) is 17.6 Å². The molecule has 5 aromatic rings. The molecule has 8 rings (SSSR count). The number of hydrogen-bond donors (Lipinski definition) is 2. The molecule has 0 saturated heterocycles. The summed E-state index contributed by atoms with van der Waals surface area (Å²) in [7, 11) is 0. The zero-order chi connectivity index (χ0) is 22.9. The number of dihydropyridines is 1. The third-order valence-corrected chi connectivity index (χ3v) is 7.13. The van der Waals surface area contributed by atoms with Gasteiger partial charge in [0.2, 0.25) is 0 Å². The highest BCUT2D eigenvalue weighted by molar-refractivity contribution is 6.19. The molecule has 5 heterocycles. The van der Waals surface area contributed by atoms with Gasteiger partial charge in [0.05, 0.1) is 11.4 Å². The van der Waals surface area contributed by atoms with Gasteiger partial charge in [-0.3, -0.25) is 0 Å². The quantitative estimate of drug-likeness (QED) is 0.318. The molecule has 0 radical (unpaired) electrons. The molecule has 3 aliphatic rings. The first-order chi connectivity index (χ1) is 17.3. The van der Waals surface area contributed by atoms with Crippen molar-refractivity contribution < 1.29 is 8.83 Å². The van der Waals surface area contributed by atoms with E-state index in [1.165, 1.54) is 11.1 Å². The topological polar surface area (TPSA) is 53.6 Å². The standard InChI is InChI=1S/C30H21N3O2/c1-2-6-26-20(5-1)21-10-11-22-23-15-18(9-13-27(23)35-30(22)29(21)34-26)19-8-12-24(31-16-19)25-17-33-14-4-3-7-28(33)32-25/h1-15,17,28,31-32H,16H2. The molecule has 2 N–H and O–H groups in total. The summed E-state index contributed by atoms with van der Waals surface area (Å²) in [4.78, 5) is 2.17. The number of rotatable bonds is 2. The van der Waals surface area contributed by atoms with E-state index in [1.54, 1.807) is 0 Å². The van der Waals surface area contributed by atoms with E-state index < -0.39 is 0 Å². The molecule has 5 nitrogen and oxygen atoms in total. The molecular weight excluding hydrogens is 434 g/mol. The van der Waals surface area contributed by atoms with E-state index in [4.69, 9.17) is 8.83 Å². The highest BCUT2D eigenvalue weighted by Crippen LogP contribution is 2.39. The maximum Gasteiger partial charge on any atom is 0.178 e. The van der Waals surface area contributed by atoms with Gasteiger partial charge >= 0.3 is 0 Å². The Morgan fingerprint density at radius 2 is 1.60 bits per heavy atom. The van der Waals surface area contributed by atoms with Crippen molar-refractivity contribution >= 4 is 49.5 Å². The van der Waals surface area contributed by atoms with Crippen LogP contribution < -0.4 is 10.6 Å². The lowest BCUT2D eigenvalue weighted by molar-refractivity contribution is 0.424. The second kappa shape index (κ2) is 6.93. The number of furan rings is 2. The van der Waals surface area contributed by atoms with Crippen molar-refractivity contribution in [1.29, 1.82) is 0 Å². The van der Waals surface area contributed by atoms with E-state index in [9.17, 15) is 0 Å². The molecule has 0 aliphatic carbocycles. The lowest BCUT2D eigenvalue weighted by Gasteiger charge is -2.22. The van der Waals surface area contributed by atoms with Gasteiger partial charge in [-0.05, 0) is 59.7 Å². The van der Waals surface area contributed by atoms with E-state index >= 15 is 0 Å². The third-order valence-electron chi connectivity index (χ3n) is 7.13. The minimum absolute atomic E-state index is 0.193. The van der Waals surface area contributed by atoms with Crippen LogP contribution >= 0.6 is 0 Å². The molecule has 5 heteroatoms. The normalized spacial score (nSPS) is 19.1. The SMILES string of the molecule is C1=CC2NC(C3=CC=C(c4ccc5oc6c(ccc7c8ccccc8oc76)c5c4)CN3)=CN2C=C1. The molecule has 168 valence electrons. The summed E-state index contributed by atoms with van der Waals surface area (Å²) in [5, 5.41) is 11.5. The van der Waals surface area contributed by atoms with Gasteiger partial charge in [-0.1, -0.05) is 36.4 Å². The summed E-state index contributed by atoms with van der Waals surface area (Å²) in [6, 6.07) is 18.8. The van der Waals surface area contributed by atoms with Gasteiger partial charge in [0, 0.05) is 40.5 Å². The summed E-state index contributed by atoms with van der Waals surface area (Å²) in [5.74, 6) is 0. The molecule has 1 atom stereocenters. The molecule has 35 heavy (non-hydrogen) atoms. The predicted molar refractivity (Wildman–Crippen MR) is 140 cm³/mol. The number of benzene rings is 3.